The second-order valence-electron chi connectivity index (χ2n) is 18.0. The molecule has 0 aliphatic carbocycles. The van der Waals surface area contributed by atoms with Crippen molar-refractivity contribution in [2.45, 2.75) is 144 Å². The lowest BCUT2D eigenvalue weighted by Crippen LogP contribution is -3.09. The second-order valence-corrected chi connectivity index (χ2v) is 109. The van der Waals surface area contributed by atoms with Crippen LogP contribution < -0.4 is 0 Å². The SMILES string of the molecule is C[Si](C)(C)N([Si](C)(C)C)[Si]1(C)[Si](C)(C)[Si](C)(C)[Si](C)(N([Si](C)(C)C)[Si](C)(C)C)[Si](C)(C)[Si]1(C)C. The molecule has 0 aromatic carbocycles. The van der Waals surface area contributed by atoms with Gasteiger partial charge in [-0.2, -0.15) is 0 Å². The van der Waals surface area contributed by atoms with Crippen LogP contribution in [0.15, 0.2) is 0 Å². The molecule has 0 spiro atoms. The second kappa shape index (κ2) is 8.80. The number of nitrogens with zero attached hydrogens (tertiary/aromatic N) is 2. The van der Waals surface area contributed by atoms with Gasteiger partial charge < -0.3 is 7.79 Å². The highest BCUT2D eigenvalue weighted by Gasteiger charge is 2.83. The normalized spacial score (nSPS) is 31.8. The molecule has 204 valence electrons. The minimum absolute atomic E-state index is 1.44. The number of hydrogen-bond acceptors (Lipinski definition) is 2. The van der Waals surface area contributed by atoms with E-state index in [4.69, 9.17) is 0 Å². The van der Waals surface area contributed by atoms with Crippen LogP contribution in [0.1, 0.15) is 0 Å². The maximum atomic E-state index is 3.54. The predicted octanol–water partition coefficient (Wildman–Crippen LogP) is 8.40. The zero-order chi connectivity index (χ0) is 28.2. The Kier molecular flexibility index (Phi) is 8.83. The molecule has 12 heteroatoms. The van der Waals surface area contributed by atoms with Crippen LogP contribution >= 0.6 is 0 Å². The molecule has 0 saturated carbocycles. The molecule has 1 saturated heterocycles. The molecule has 2 nitrogen and oxygen atoms in total. The zero-order valence-electron chi connectivity index (χ0n) is 27.9. The molecule has 0 atom stereocenters. The molecule has 0 unspecified atom stereocenters. The monoisotopic (exact) mass is 638 g/mol. The highest BCUT2D eigenvalue weighted by Crippen LogP contribution is 2.56. The van der Waals surface area contributed by atoms with E-state index >= 15 is 0 Å². The Morgan fingerprint density at radius 3 is 0.500 bits per heavy atom. The summed E-state index contributed by atoms with van der Waals surface area (Å²) in [6, 6.07) is 0. The fourth-order valence-electron chi connectivity index (χ4n) is 9.81. The van der Waals surface area contributed by atoms with E-state index in [-0.39, 0.29) is 0 Å². The Labute approximate surface area is 226 Å². The van der Waals surface area contributed by atoms with Gasteiger partial charge >= 0.3 is 0 Å². The van der Waals surface area contributed by atoms with Gasteiger partial charge in [-0.15, -0.1) is 0 Å². The zero-order valence-corrected chi connectivity index (χ0v) is 37.9. The van der Waals surface area contributed by atoms with E-state index in [0.717, 1.165) is 0 Å². The van der Waals surface area contributed by atoms with Crippen molar-refractivity contribution in [1.82, 2.24) is 7.79 Å². The minimum Gasteiger partial charge on any atom is -0.373 e. The maximum Gasteiger partial charge on any atom is 0.105 e. The number of rotatable bonds is 6. The Morgan fingerprint density at radius 1 is 0.294 bits per heavy atom. The maximum absolute atomic E-state index is 3.54. The highest BCUT2D eigenvalue weighted by molar-refractivity contribution is 8.13. The van der Waals surface area contributed by atoms with Gasteiger partial charge in [0.15, 0.2) is 0 Å². The fraction of sp³-hybridized carbons (Fsp3) is 1.00. The van der Waals surface area contributed by atoms with Gasteiger partial charge in [-0.3, -0.25) is 0 Å². The third-order valence-electron chi connectivity index (χ3n) is 11.6. The molecule has 1 aliphatic heterocycles. The fourth-order valence-corrected chi connectivity index (χ4v) is 331. The standard InChI is InChI=1S/C22H66N2Si10/c1-25(2,3)23(26(4,5)6)33(21)29(13,14)31(17,18)34(22,32(19,20)30(33,15)16)24(27(7,8)9)28(10,11)12/h1-22H3. The summed E-state index contributed by atoms with van der Waals surface area (Å²) in [6.07, 6.45) is 0. The summed E-state index contributed by atoms with van der Waals surface area (Å²) in [5.74, 6) is 0. The van der Waals surface area contributed by atoms with Crippen LogP contribution in [0.3, 0.4) is 0 Å². The highest BCUT2D eigenvalue weighted by atomic mass is 30.2. The van der Waals surface area contributed by atoms with Gasteiger partial charge in [-0.1, -0.05) is 144 Å². The Morgan fingerprint density at radius 2 is 0.412 bits per heavy atom. The van der Waals surface area contributed by atoms with Crippen LogP contribution in [0.4, 0.5) is 0 Å². The lowest BCUT2D eigenvalue weighted by atomic mass is 11.8. The first-order valence-corrected chi connectivity index (χ1v) is 50.5. The largest absolute Gasteiger partial charge is 0.373 e. The summed E-state index contributed by atoms with van der Waals surface area (Å²) in [5.41, 5.74) is 0. The van der Waals surface area contributed by atoms with Gasteiger partial charge in [-0.25, -0.2) is 0 Å². The first kappa shape index (κ1) is 34.1. The first-order chi connectivity index (χ1) is 14.2. The average molecular weight is 640 g/mol. The molecule has 1 rings (SSSR count). The van der Waals surface area contributed by atoms with Gasteiger partial charge in [0.25, 0.3) is 0 Å². The molecule has 34 heavy (non-hydrogen) atoms. The molecule has 0 N–H and O–H groups in total. The molecular weight excluding hydrogens is 573 g/mol. The summed E-state index contributed by atoms with van der Waals surface area (Å²) in [7, 11) is -15.0. The van der Waals surface area contributed by atoms with E-state index in [9.17, 15) is 0 Å². The summed E-state index contributed by atoms with van der Waals surface area (Å²) >= 11 is 0. The molecule has 0 bridgehead atoms. The van der Waals surface area contributed by atoms with E-state index in [1.807, 2.05) is 0 Å². The summed E-state index contributed by atoms with van der Waals surface area (Å²) in [4.78, 5) is 0. The third kappa shape index (κ3) is 4.40. The first-order valence-electron chi connectivity index (χ1n) is 13.8. The quantitative estimate of drug-likeness (QED) is 0.270. The molecule has 0 amide bonds. The van der Waals surface area contributed by atoms with E-state index in [1.165, 1.54) is 0 Å². The summed E-state index contributed by atoms with van der Waals surface area (Å²) in [5, 5.41) is 0. The Hall–Kier alpha value is 2.09. The number of hydrogen-bond donors (Lipinski definition) is 0. The van der Waals surface area contributed by atoms with Crippen molar-refractivity contribution in [3.05, 3.63) is 0 Å². The molecule has 0 aromatic heterocycles. The Balaban J connectivity index is 4.39. The third-order valence-corrected chi connectivity index (χ3v) is 188. The smallest absolute Gasteiger partial charge is 0.105 e. The van der Waals surface area contributed by atoms with E-state index in [1.54, 1.807) is 0 Å². The van der Waals surface area contributed by atoms with Crippen molar-refractivity contribution in [1.29, 1.82) is 0 Å². The topological polar surface area (TPSA) is 6.48 Å². The molecule has 0 radical (unpaired) electrons. The average Bonchev–Trinajstić information content (AvgIpc) is 2.46. The van der Waals surface area contributed by atoms with Crippen molar-refractivity contribution in [3.8, 4) is 0 Å². The van der Waals surface area contributed by atoms with Gasteiger partial charge in [0.2, 0.25) is 0 Å². The predicted molar refractivity (Wildman–Crippen MR) is 190 cm³/mol. The van der Waals surface area contributed by atoms with Crippen molar-refractivity contribution < 1.29 is 0 Å². The van der Waals surface area contributed by atoms with E-state index < -0.39 is 75.9 Å². The van der Waals surface area contributed by atoms with Crippen molar-refractivity contribution in [2.75, 3.05) is 0 Å². The minimum atomic E-state index is -1.62. The molecular formula is C22H66N2Si10. The van der Waals surface area contributed by atoms with Crippen molar-refractivity contribution >= 4 is 75.9 Å². The lowest BCUT2D eigenvalue weighted by molar-refractivity contribution is 0.920. The van der Waals surface area contributed by atoms with Crippen LogP contribution in [-0.2, 0) is 0 Å². The van der Waals surface area contributed by atoms with Crippen LogP contribution in [-0.4, -0.2) is 83.7 Å². The van der Waals surface area contributed by atoms with Gasteiger partial charge in [-0.05, 0) is 0 Å². The van der Waals surface area contributed by atoms with Crippen molar-refractivity contribution in [2.24, 2.45) is 0 Å². The van der Waals surface area contributed by atoms with Gasteiger partial charge in [0.05, 0.1) is 14.5 Å². The van der Waals surface area contributed by atoms with E-state index in [0.29, 0.717) is 0 Å². The molecule has 0 aromatic rings. The molecule has 1 fully saturated rings. The van der Waals surface area contributed by atoms with Crippen LogP contribution in [0.2, 0.25) is 144 Å². The van der Waals surface area contributed by atoms with Crippen LogP contribution in [0.5, 0.6) is 0 Å². The summed E-state index contributed by atoms with van der Waals surface area (Å²) in [6.45, 7) is 62.9. The van der Waals surface area contributed by atoms with Gasteiger partial charge in [0, 0.05) is 28.4 Å². The summed E-state index contributed by atoms with van der Waals surface area (Å²) < 4.78 is 7.08. The van der Waals surface area contributed by atoms with Crippen LogP contribution in [0.25, 0.3) is 0 Å². The van der Waals surface area contributed by atoms with Crippen molar-refractivity contribution in [3.63, 3.8) is 0 Å². The van der Waals surface area contributed by atoms with Crippen LogP contribution in [0, 0.1) is 0 Å². The molecule has 1 heterocycles. The lowest BCUT2D eigenvalue weighted by Gasteiger charge is -2.80. The van der Waals surface area contributed by atoms with Gasteiger partial charge in [0.1, 0.15) is 32.9 Å². The van der Waals surface area contributed by atoms with E-state index in [2.05, 4.69) is 152 Å². The molecule has 1 aliphatic rings. The Bertz CT molecular complexity index is 657.